The summed E-state index contributed by atoms with van der Waals surface area (Å²) >= 11 is 0. The van der Waals surface area contributed by atoms with E-state index < -0.39 is 0 Å². The smallest absolute Gasteiger partial charge is 0.255 e. The molecule has 0 saturated carbocycles. The number of nitrogens with zero attached hydrogens (tertiary/aromatic N) is 1. The van der Waals surface area contributed by atoms with Crippen molar-refractivity contribution in [3.63, 3.8) is 0 Å². The highest BCUT2D eigenvalue weighted by Gasteiger charge is 2.16. The summed E-state index contributed by atoms with van der Waals surface area (Å²) in [6.45, 7) is 4.72. The molecule has 30 heavy (non-hydrogen) atoms. The highest BCUT2D eigenvalue weighted by molar-refractivity contribution is 6.04. The van der Waals surface area contributed by atoms with Crippen molar-refractivity contribution < 1.29 is 19.0 Å². The van der Waals surface area contributed by atoms with Crippen molar-refractivity contribution in [3.05, 3.63) is 54.1 Å². The van der Waals surface area contributed by atoms with Gasteiger partial charge in [-0.25, -0.2) is 0 Å². The standard InChI is InChI=1S/C24H30N2O4/c27-24(19-6-5-7-22(18-19)30-23-8-1-4-16-29-23)25-20-9-11-21(12-10-20)28-17-15-26-13-2-3-14-26/h5-7,9-12,18,23H,1-4,8,13-17H2,(H,25,27). The fraction of sp³-hybridized carbons (Fsp3) is 0.458. The third-order valence-electron chi connectivity index (χ3n) is 5.49. The molecule has 2 aromatic carbocycles. The first-order valence-electron chi connectivity index (χ1n) is 10.9. The van der Waals surface area contributed by atoms with E-state index in [4.69, 9.17) is 14.2 Å². The number of nitrogens with one attached hydrogen (secondary N) is 1. The summed E-state index contributed by atoms with van der Waals surface area (Å²) in [5.74, 6) is 1.29. The minimum atomic E-state index is -0.227. The van der Waals surface area contributed by atoms with Gasteiger partial charge in [-0.05, 0) is 81.2 Å². The van der Waals surface area contributed by atoms with Crippen LogP contribution in [0.15, 0.2) is 48.5 Å². The second-order valence-corrected chi connectivity index (χ2v) is 7.82. The molecule has 0 aromatic heterocycles. The molecular formula is C24H30N2O4. The molecule has 2 aliphatic rings. The zero-order valence-corrected chi connectivity index (χ0v) is 17.3. The van der Waals surface area contributed by atoms with Gasteiger partial charge in [0.1, 0.15) is 18.1 Å². The Morgan fingerprint density at radius 1 is 1.03 bits per heavy atom. The SMILES string of the molecule is O=C(Nc1ccc(OCCN2CCCC2)cc1)c1cccc(OC2CCCCO2)c1. The summed E-state index contributed by atoms with van der Waals surface area (Å²) in [6, 6.07) is 14.7. The van der Waals surface area contributed by atoms with E-state index in [1.54, 1.807) is 12.1 Å². The van der Waals surface area contributed by atoms with Crippen molar-refractivity contribution in [2.45, 2.75) is 38.4 Å². The van der Waals surface area contributed by atoms with Gasteiger partial charge in [0, 0.05) is 24.2 Å². The van der Waals surface area contributed by atoms with Crippen LogP contribution in [0.5, 0.6) is 11.5 Å². The maximum absolute atomic E-state index is 12.6. The van der Waals surface area contributed by atoms with Crippen molar-refractivity contribution in [1.29, 1.82) is 0 Å². The van der Waals surface area contributed by atoms with Crippen molar-refractivity contribution in [1.82, 2.24) is 4.90 Å². The molecule has 2 heterocycles. The van der Waals surface area contributed by atoms with Gasteiger partial charge in [0.15, 0.2) is 6.29 Å². The average molecular weight is 411 g/mol. The maximum atomic E-state index is 12.6. The number of benzene rings is 2. The fourth-order valence-corrected chi connectivity index (χ4v) is 3.80. The molecule has 1 atom stereocenters. The summed E-state index contributed by atoms with van der Waals surface area (Å²) in [7, 11) is 0. The number of likely N-dealkylation sites (tertiary alicyclic amines) is 1. The maximum Gasteiger partial charge on any atom is 0.255 e. The Hall–Kier alpha value is -2.57. The lowest BCUT2D eigenvalue weighted by atomic mass is 10.2. The molecular weight excluding hydrogens is 380 g/mol. The van der Waals surface area contributed by atoms with Gasteiger partial charge >= 0.3 is 0 Å². The third kappa shape index (κ3) is 5.97. The first-order valence-corrected chi connectivity index (χ1v) is 10.9. The lowest BCUT2D eigenvalue weighted by molar-refractivity contribution is -0.105. The molecule has 4 rings (SSSR count). The molecule has 160 valence electrons. The number of rotatable bonds is 8. The fourth-order valence-electron chi connectivity index (χ4n) is 3.80. The first-order chi connectivity index (χ1) is 14.8. The highest BCUT2D eigenvalue weighted by Crippen LogP contribution is 2.22. The van der Waals surface area contributed by atoms with E-state index in [0.717, 1.165) is 43.9 Å². The average Bonchev–Trinajstić information content (AvgIpc) is 3.29. The molecule has 6 heteroatoms. The number of hydrogen-bond donors (Lipinski definition) is 1. The largest absolute Gasteiger partial charge is 0.492 e. The molecule has 0 radical (unpaired) electrons. The van der Waals surface area contributed by atoms with Gasteiger partial charge < -0.3 is 19.5 Å². The summed E-state index contributed by atoms with van der Waals surface area (Å²) in [5, 5.41) is 2.93. The summed E-state index contributed by atoms with van der Waals surface area (Å²) in [4.78, 5) is 15.1. The summed E-state index contributed by atoms with van der Waals surface area (Å²) in [6.07, 6.45) is 5.40. The second kappa shape index (κ2) is 10.5. The molecule has 1 unspecified atom stereocenters. The van der Waals surface area contributed by atoms with Crippen molar-refractivity contribution in [2.75, 3.05) is 38.2 Å². The van der Waals surface area contributed by atoms with Crippen LogP contribution in [0.4, 0.5) is 5.69 Å². The van der Waals surface area contributed by atoms with E-state index in [0.29, 0.717) is 17.9 Å². The van der Waals surface area contributed by atoms with Gasteiger partial charge in [-0.1, -0.05) is 6.07 Å². The molecule has 2 aromatic rings. The van der Waals surface area contributed by atoms with Crippen LogP contribution in [0.2, 0.25) is 0 Å². The van der Waals surface area contributed by atoms with Gasteiger partial charge in [0.2, 0.25) is 0 Å². The number of anilines is 1. The summed E-state index contributed by atoms with van der Waals surface area (Å²) < 4.78 is 17.3. The molecule has 0 bridgehead atoms. The predicted octanol–water partition coefficient (Wildman–Crippen LogP) is 4.32. The van der Waals surface area contributed by atoms with Crippen LogP contribution in [0.3, 0.4) is 0 Å². The first kappa shape index (κ1) is 20.7. The molecule has 0 spiro atoms. The Morgan fingerprint density at radius 3 is 2.63 bits per heavy atom. The van der Waals surface area contributed by atoms with E-state index in [-0.39, 0.29) is 12.2 Å². The highest BCUT2D eigenvalue weighted by atomic mass is 16.7. The Bertz CT molecular complexity index is 812. The monoisotopic (exact) mass is 410 g/mol. The van der Waals surface area contributed by atoms with Gasteiger partial charge in [-0.2, -0.15) is 0 Å². The van der Waals surface area contributed by atoms with Crippen LogP contribution in [-0.4, -0.2) is 49.9 Å². The van der Waals surface area contributed by atoms with E-state index in [1.807, 2.05) is 36.4 Å². The van der Waals surface area contributed by atoms with Crippen LogP contribution in [0.25, 0.3) is 0 Å². The lowest BCUT2D eigenvalue weighted by Gasteiger charge is -2.23. The zero-order valence-electron chi connectivity index (χ0n) is 17.3. The van der Waals surface area contributed by atoms with E-state index in [9.17, 15) is 4.79 Å². The van der Waals surface area contributed by atoms with Crippen molar-refractivity contribution in [3.8, 4) is 11.5 Å². The minimum Gasteiger partial charge on any atom is -0.492 e. The summed E-state index contributed by atoms with van der Waals surface area (Å²) in [5.41, 5.74) is 1.28. The van der Waals surface area contributed by atoms with Gasteiger partial charge in [0.05, 0.1) is 6.61 Å². The van der Waals surface area contributed by atoms with Crippen LogP contribution in [-0.2, 0) is 4.74 Å². The third-order valence-corrected chi connectivity index (χ3v) is 5.49. The van der Waals surface area contributed by atoms with Crippen LogP contribution >= 0.6 is 0 Å². The van der Waals surface area contributed by atoms with E-state index >= 15 is 0 Å². The Kier molecular flexibility index (Phi) is 7.21. The normalized spacial score (nSPS) is 19.4. The zero-order chi connectivity index (χ0) is 20.6. The van der Waals surface area contributed by atoms with Crippen LogP contribution < -0.4 is 14.8 Å². The number of carbonyl (C=O) groups excluding carboxylic acids is 1. The number of ether oxygens (including phenoxy) is 3. The number of carbonyl (C=O) groups is 1. The molecule has 2 fully saturated rings. The van der Waals surface area contributed by atoms with E-state index in [2.05, 4.69) is 10.2 Å². The topological polar surface area (TPSA) is 60.0 Å². The predicted molar refractivity (Wildman–Crippen MR) is 116 cm³/mol. The van der Waals surface area contributed by atoms with Crippen molar-refractivity contribution in [2.24, 2.45) is 0 Å². The van der Waals surface area contributed by atoms with Gasteiger partial charge in [-0.15, -0.1) is 0 Å². The Labute approximate surface area is 178 Å². The van der Waals surface area contributed by atoms with Gasteiger partial charge in [0.25, 0.3) is 5.91 Å². The molecule has 6 nitrogen and oxygen atoms in total. The van der Waals surface area contributed by atoms with Crippen molar-refractivity contribution >= 4 is 11.6 Å². The molecule has 2 saturated heterocycles. The Morgan fingerprint density at radius 2 is 1.87 bits per heavy atom. The quantitative estimate of drug-likeness (QED) is 0.702. The Balaban J connectivity index is 1.27. The van der Waals surface area contributed by atoms with Crippen LogP contribution in [0, 0.1) is 0 Å². The number of hydrogen-bond acceptors (Lipinski definition) is 5. The second-order valence-electron chi connectivity index (χ2n) is 7.82. The molecule has 0 aliphatic carbocycles. The van der Waals surface area contributed by atoms with Gasteiger partial charge in [-0.3, -0.25) is 9.69 Å². The molecule has 1 N–H and O–H groups in total. The minimum absolute atomic E-state index is 0.173. The molecule has 2 aliphatic heterocycles. The number of amides is 1. The molecule has 1 amide bonds. The van der Waals surface area contributed by atoms with E-state index in [1.165, 1.54) is 25.9 Å². The lowest BCUT2D eigenvalue weighted by Crippen LogP contribution is -2.25. The van der Waals surface area contributed by atoms with Crippen LogP contribution in [0.1, 0.15) is 42.5 Å².